The Balaban J connectivity index is 3.37. The molecule has 0 heterocycles. The Morgan fingerprint density at radius 3 is 2.47 bits per heavy atom. The van der Waals surface area contributed by atoms with E-state index in [1.807, 2.05) is 0 Å². The van der Waals surface area contributed by atoms with Crippen molar-refractivity contribution >= 4 is 35.7 Å². The minimum atomic E-state index is -3.94. The van der Waals surface area contributed by atoms with Gasteiger partial charge in [-0.15, -0.1) is 0 Å². The van der Waals surface area contributed by atoms with Crippen molar-refractivity contribution in [2.75, 3.05) is 0 Å². The summed E-state index contributed by atoms with van der Waals surface area (Å²) in [5.74, 6) is -3.07. The lowest BCUT2D eigenvalue weighted by atomic mass is 10.2. The van der Waals surface area contributed by atoms with E-state index in [0.717, 1.165) is 0 Å². The molecule has 8 heteroatoms. The van der Waals surface area contributed by atoms with E-state index < -0.39 is 32.1 Å². The van der Waals surface area contributed by atoms with Crippen molar-refractivity contribution in [1.82, 2.24) is 0 Å². The first-order valence-corrected chi connectivity index (χ1v) is 6.80. The van der Waals surface area contributed by atoms with Gasteiger partial charge in [-0.1, -0.05) is 0 Å². The molecule has 0 aliphatic carbocycles. The summed E-state index contributed by atoms with van der Waals surface area (Å²) in [6.45, 7) is 0. The highest BCUT2D eigenvalue weighted by Crippen LogP contribution is 2.38. The third-order valence-corrected chi connectivity index (χ3v) is 3.40. The van der Waals surface area contributed by atoms with Crippen molar-refractivity contribution in [3.05, 3.63) is 21.9 Å². The van der Waals surface area contributed by atoms with E-state index in [9.17, 15) is 17.9 Å². The first-order chi connectivity index (χ1) is 6.72. The minimum Gasteiger partial charge on any atom is -0.504 e. The second-order valence-electron chi connectivity index (χ2n) is 2.70. The van der Waals surface area contributed by atoms with Gasteiger partial charge in [-0.25, -0.2) is 12.8 Å². The number of phenols is 2. The fourth-order valence-corrected chi connectivity index (χ4v) is 2.61. The molecule has 0 aliphatic heterocycles. The van der Waals surface area contributed by atoms with Gasteiger partial charge in [0.05, 0.1) is 10.2 Å². The summed E-state index contributed by atoms with van der Waals surface area (Å²) < 4.78 is 34.4. The van der Waals surface area contributed by atoms with Gasteiger partial charge in [0.1, 0.15) is 5.82 Å². The Bertz CT molecular complexity index is 502. The van der Waals surface area contributed by atoms with Crippen molar-refractivity contribution in [2.24, 2.45) is 0 Å². The first-order valence-electron chi connectivity index (χ1n) is 3.53. The average molecular weight is 320 g/mol. The van der Waals surface area contributed by atoms with E-state index in [1.54, 1.807) is 0 Å². The Kier molecular flexibility index (Phi) is 3.47. The lowest BCUT2D eigenvalue weighted by Crippen LogP contribution is -2.00. The van der Waals surface area contributed by atoms with Crippen molar-refractivity contribution < 1.29 is 23.0 Å². The van der Waals surface area contributed by atoms with Crippen LogP contribution in [0.5, 0.6) is 11.5 Å². The number of rotatable bonds is 2. The van der Waals surface area contributed by atoms with Crippen LogP contribution in [-0.2, 0) is 14.8 Å². The van der Waals surface area contributed by atoms with Gasteiger partial charge in [0.15, 0.2) is 11.5 Å². The highest BCUT2D eigenvalue weighted by Gasteiger charge is 2.20. The molecule has 0 aliphatic rings. The molecule has 0 amide bonds. The molecule has 0 bridgehead atoms. The van der Waals surface area contributed by atoms with Crippen molar-refractivity contribution in [1.29, 1.82) is 0 Å². The first kappa shape index (κ1) is 12.5. The van der Waals surface area contributed by atoms with E-state index in [4.69, 9.17) is 15.8 Å². The minimum absolute atomic E-state index is 0.232. The van der Waals surface area contributed by atoms with E-state index in [-0.39, 0.29) is 10.0 Å². The van der Waals surface area contributed by atoms with Crippen LogP contribution in [0, 0.1) is 5.82 Å². The second-order valence-corrected chi connectivity index (χ2v) is 6.27. The fourth-order valence-electron chi connectivity index (χ4n) is 0.940. The predicted molar refractivity (Wildman–Crippen MR) is 55.9 cm³/mol. The van der Waals surface area contributed by atoms with Gasteiger partial charge in [0.2, 0.25) is 9.05 Å². The maximum Gasteiger partial charge on any atom is 0.236 e. The van der Waals surface area contributed by atoms with Crippen molar-refractivity contribution in [3.63, 3.8) is 0 Å². The molecule has 0 fully saturated rings. The van der Waals surface area contributed by atoms with Crippen LogP contribution < -0.4 is 0 Å². The average Bonchev–Trinajstić information content (AvgIpc) is 2.07. The van der Waals surface area contributed by atoms with Gasteiger partial charge >= 0.3 is 0 Å². The third kappa shape index (κ3) is 2.96. The van der Waals surface area contributed by atoms with E-state index >= 15 is 0 Å². The Hall–Kier alpha value is -0.530. The molecular formula is C7H5BrClFO4S. The molecule has 1 aromatic carbocycles. The van der Waals surface area contributed by atoms with E-state index in [2.05, 4.69) is 15.9 Å². The number of halogens is 3. The van der Waals surface area contributed by atoms with Crippen molar-refractivity contribution in [3.8, 4) is 11.5 Å². The Labute approximate surface area is 97.9 Å². The van der Waals surface area contributed by atoms with Crippen LogP contribution in [0.2, 0.25) is 0 Å². The zero-order chi connectivity index (χ0) is 11.8. The standard InChI is InChI=1S/C7H5BrClFO4S/c8-6-3(2-15(9,13)14)4(10)1-5(11)7(6)12/h1,11-12H,2H2. The van der Waals surface area contributed by atoms with Crippen LogP contribution in [0.1, 0.15) is 5.56 Å². The number of hydrogen-bond acceptors (Lipinski definition) is 4. The lowest BCUT2D eigenvalue weighted by Gasteiger charge is -2.07. The van der Waals surface area contributed by atoms with Gasteiger partial charge in [-0.3, -0.25) is 0 Å². The van der Waals surface area contributed by atoms with Crippen LogP contribution in [-0.4, -0.2) is 18.6 Å². The number of aromatic hydroxyl groups is 2. The summed E-state index contributed by atoms with van der Waals surface area (Å²) >= 11 is 2.76. The van der Waals surface area contributed by atoms with Crippen LogP contribution in [0.25, 0.3) is 0 Å². The molecule has 0 radical (unpaired) electrons. The molecular weight excluding hydrogens is 314 g/mol. The topological polar surface area (TPSA) is 74.6 Å². The summed E-state index contributed by atoms with van der Waals surface area (Å²) in [4.78, 5) is 0. The second kappa shape index (κ2) is 4.15. The summed E-state index contributed by atoms with van der Waals surface area (Å²) in [5, 5.41) is 18.2. The largest absolute Gasteiger partial charge is 0.504 e. The monoisotopic (exact) mass is 318 g/mol. The lowest BCUT2D eigenvalue weighted by molar-refractivity contribution is 0.396. The normalized spacial score (nSPS) is 11.7. The maximum absolute atomic E-state index is 13.2. The SMILES string of the molecule is O=S(=O)(Cl)Cc1c(F)cc(O)c(O)c1Br. The quantitative estimate of drug-likeness (QED) is 0.646. The van der Waals surface area contributed by atoms with Gasteiger partial charge in [-0.2, -0.15) is 0 Å². The van der Waals surface area contributed by atoms with Gasteiger partial charge in [0, 0.05) is 22.3 Å². The van der Waals surface area contributed by atoms with Gasteiger partial charge < -0.3 is 10.2 Å². The molecule has 4 nitrogen and oxygen atoms in total. The van der Waals surface area contributed by atoms with E-state index in [1.165, 1.54) is 0 Å². The molecule has 0 spiro atoms. The number of benzene rings is 1. The van der Waals surface area contributed by atoms with Crippen LogP contribution >= 0.6 is 26.6 Å². The molecule has 15 heavy (non-hydrogen) atoms. The number of hydrogen-bond donors (Lipinski definition) is 2. The maximum atomic E-state index is 13.2. The van der Waals surface area contributed by atoms with E-state index in [0.29, 0.717) is 6.07 Å². The third-order valence-electron chi connectivity index (χ3n) is 1.58. The Morgan fingerprint density at radius 1 is 1.47 bits per heavy atom. The fraction of sp³-hybridized carbons (Fsp3) is 0.143. The van der Waals surface area contributed by atoms with Crippen LogP contribution in [0.3, 0.4) is 0 Å². The number of phenolic OH excluding ortho intramolecular Hbond substituents is 2. The highest BCUT2D eigenvalue weighted by atomic mass is 79.9. The molecule has 0 unspecified atom stereocenters. The molecule has 0 saturated carbocycles. The summed E-state index contributed by atoms with van der Waals surface area (Å²) in [5.41, 5.74) is -0.333. The zero-order valence-corrected chi connectivity index (χ0v) is 10.2. The molecule has 1 rings (SSSR count). The van der Waals surface area contributed by atoms with Crippen LogP contribution in [0.15, 0.2) is 10.5 Å². The molecule has 84 valence electrons. The molecule has 1 aromatic rings. The Morgan fingerprint density at radius 2 is 2.00 bits per heavy atom. The molecule has 0 atom stereocenters. The highest BCUT2D eigenvalue weighted by molar-refractivity contribution is 9.10. The summed E-state index contributed by atoms with van der Waals surface area (Å²) in [6, 6.07) is 0.609. The molecule has 0 saturated heterocycles. The summed E-state index contributed by atoms with van der Waals surface area (Å²) in [7, 11) is 1.00. The zero-order valence-electron chi connectivity index (χ0n) is 7.04. The summed E-state index contributed by atoms with van der Waals surface area (Å²) in [6.07, 6.45) is 0. The smallest absolute Gasteiger partial charge is 0.236 e. The van der Waals surface area contributed by atoms with Crippen molar-refractivity contribution in [2.45, 2.75) is 5.75 Å². The van der Waals surface area contributed by atoms with Gasteiger partial charge in [0.25, 0.3) is 0 Å². The molecule has 0 aromatic heterocycles. The van der Waals surface area contributed by atoms with Gasteiger partial charge in [-0.05, 0) is 15.9 Å². The predicted octanol–water partition coefficient (Wildman–Crippen LogP) is 2.07. The molecule has 2 N–H and O–H groups in total. The van der Waals surface area contributed by atoms with Crippen LogP contribution in [0.4, 0.5) is 4.39 Å².